The van der Waals surface area contributed by atoms with Crippen molar-refractivity contribution in [2.45, 2.75) is 6.04 Å². The number of hydrogen-bond donors (Lipinski definition) is 3. The van der Waals surface area contributed by atoms with Gasteiger partial charge in [0.1, 0.15) is 24.1 Å². The summed E-state index contributed by atoms with van der Waals surface area (Å²) in [5.41, 5.74) is 6.80. The largest absolute Gasteiger partial charge is 0.497 e. The fourth-order valence-corrected chi connectivity index (χ4v) is 2.29. The molecule has 24 heavy (non-hydrogen) atoms. The zero-order valence-corrected chi connectivity index (χ0v) is 13.9. The van der Waals surface area contributed by atoms with E-state index in [1.54, 1.807) is 42.5 Å². The van der Waals surface area contributed by atoms with Crippen molar-refractivity contribution < 1.29 is 19.4 Å². The van der Waals surface area contributed by atoms with Gasteiger partial charge >= 0.3 is 0 Å². The van der Waals surface area contributed by atoms with Crippen LogP contribution in [0.2, 0.25) is 5.02 Å². The molecule has 2 rings (SSSR count). The molecule has 0 bridgehead atoms. The van der Waals surface area contributed by atoms with Gasteiger partial charge in [-0.05, 0) is 17.7 Å². The number of nitrogens with one attached hydrogen (secondary N) is 1. The highest BCUT2D eigenvalue weighted by Gasteiger charge is 2.18. The summed E-state index contributed by atoms with van der Waals surface area (Å²) < 4.78 is 10.6. The molecule has 2 aromatic rings. The minimum absolute atomic E-state index is 0.103. The zero-order chi connectivity index (χ0) is 17.5. The van der Waals surface area contributed by atoms with Gasteiger partial charge in [0, 0.05) is 28.9 Å². The molecule has 2 aromatic carbocycles. The van der Waals surface area contributed by atoms with Crippen LogP contribution in [0.3, 0.4) is 0 Å². The number of rotatable bonds is 8. The molecule has 0 heterocycles. The lowest BCUT2D eigenvalue weighted by Gasteiger charge is -2.18. The molecule has 0 radical (unpaired) electrons. The minimum atomic E-state index is -0.736. The molecule has 0 fully saturated rings. The van der Waals surface area contributed by atoms with Gasteiger partial charge in [-0.15, -0.1) is 0 Å². The van der Waals surface area contributed by atoms with E-state index in [0.29, 0.717) is 27.8 Å². The number of hydrogen-bond acceptors (Lipinski definition) is 5. The number of halogens is 1. The second kappa shape index (κ2) is 8.42. The summed E-state index contributed by atoms with van der Waals surface area (Å²) in [5, 5.41) is 12.5. The summed E-state index contributed by atoms with van der Waals surface area (Å²) in [7, 11) is 1.53. The average molecular weight is 351 g/mol. The topological polar surface area (TPSA) is 93.8 Å². The van der Waals surface area contributed by atoms with E-state index >= 15 is 0 Å². The number of nitrogens with two attached hydrogens (primary N) is 1. The maximum Gasteiger partial charge on any atom is 0.244 e. The Morgan fingerprint density at radius 3 is 2.50 bits per heavy atom. The Labute approximate surface area is 145 Å². The van der Waals surface area contributed by atoms with Crippen LogP contribution in [-0.4, -0.2) is 31.3 Å². The van der Waals surface area contributed by atoms with E-state index in [4.69, 9.17) is 31.9 Å². The van der Waals surface area contributed by atoms with Gasteiger partial charge in [-0.2, -0.15) is 0 Å². The first kappa shape index (κ1) is 17.9. The maximum atomic E-state index is 11.8. The van der Waals surface area contributed by atoms with Gasteiger partial charge < -0.3 is 25.6 Å². The number of benzene rings is 2. The van der Waals surface area contributed by atoms with Gasteiger partial charge in [0.15, 0.2) is 0 Å². The van der Waals surface area contributed by atoms with Gasteiger partial charge in [0.05, 0.1) is 13.7 Å². The van der Waals surface area contributed by atoms with Crippen molar-refractivity contribution in [1.82, 2.24) is 0 Å². The SMILES string of the molecule is COc1cc(NC(C(N)=O)c2ccc(Cl)cc2)cc(OCCO)c1. The summed E-state index contributed by atoms with van der Waals surface area (Å²) >= 11 is 5.87. The minimum Gasteiger partial charge on any atom is -0.497 e. The third-order valence-electron chi connectivity index (χ3n) is 3.27. The van der Waals surface area contributed by atoms with Crippen LogP contribution in [0.25, 0.3) is 0 Å². The number of anilines is 1. The highest BCUT2D eigenvalue weighted by atomic mass is 35.5. The Morgan fingerprint density at radius 1 is 1.25 bits per heavy atom. The quantitative estimate of drug-likeness (QED) is 0.679. The van der Waals surface area contributed by atoms with Crippen LogP contribution in [-0.2, 0) is 4.79 Å². The second-order valence-electron chi connectivity index (χ2n) is 5.00. The Bertz CT molecular complexity index is 691. The average Bonchev–Trinajstić information content (AvgIpc) is 2.58. The molecule has 1 unspecified atom stereocenters. The molecular weight excluding hydrogens is 332 g/mol. The van der Waals surface area contributed by atoms with Crippen molar-refractivity contribution in [3.8, 4) is 11.5 Å². The molecule has 1 amide bonds. The summed E-state index contributed by atoms with van der Waals surface area (Å²) in [5.74, 6) is 0.524. The van der Waals surface area contributed by atoms with E-state index in [1.807, 2.05) is 0 Å². The third kappa shape index (κ3) is 4.78. The number of carbonyl (C=O) groups excluding carboxylic acids is 1. The van der Waals surface area contributed by atoms with E-state index < -0.39 is 11.9 Å². The predicted octanol–water partition coefficient (Wildman–Crippen LogP) is 2.36. The van der Waals surface area contributed by atoms with Gasteiger partial charge in [0.25, 0.3) is 0 Å². The lowest BCUT2D eigenvalue weighted by Crippen LogP contribution is -2.27. The fourth-order valence-electron chi connectivity index (χ4n) is 2.16. The van der Waals surface area contributed by atoms with Crippen LogP contribution in [0.1, 0.15) is 11.6 Å². The lowest BCUT2D eigenvalue weighted by molar-refractivity contribution is -0.118. The van der Waals surface area contributed by atoms with Crippen LogP contribution in [0.15, 0.2) is 42.5 Å². The molecule has 128 valence electrons. The van der Waals surface area contributed by atoms with Crippen LogP contribution in [0.4, 0.5) is 5.69 Å². The van der Waals surface area contributed by atoms with Crippen molar-refractivity contribution in [2.24, 2.45) is 5.73 Å². The molecule has 0 aliphatic carbocycles. The summed E-state index contributed by atoms with van der Waals surface area (Å²) in [4.78, 5) is 11.8. The van der Waals surface area contributed by atoms with Gasteiger partial charge in [-0.3, -0.25) is 4.79 Å². The molecule has 1 atom stereocenters. The first-order chi connectivity index (χ1) is 11.5. The smallest absolute Gasteiger partial charge is 0.244 e. The Hall–Kier alpha value is -2.44. The molecule has 0 spiro atoms. The number of methoxy groups -OCH3 is 1. The van der Waals surface area contributed by atoms with Crippen molar-refractivity contribution in [3.63, 3.8) is 0 Å². The lowest BCUT2D eigenvalue weighted by atomic mass is 10.1. The molecule has 0 aromatic heterocycles. The standard InChI is InChI=1S/C17H19ClN2O4/c1-23-14-8-13(9-15(10-14)24-7-6-21)20-16(17(19)22)11-2-4-12(18)5-3-11/h2-5,8-10,16,20-21H,6-7H2,1H3,(H2,19,22). The molecule has 0 aliphatic heterocycles. The summed E-state index contributed by atoms with van der Waals surface area (Å²) in [6.45, 7) is 0.0533. The molecule has 0 aliphatic rings. The number of carbonyl (C=O) groups is 1. The number of aliphatic hydroxyl groups excluding tert-OH is 1. The van der Waals surface area contributed by atoms with Gasteiger partial charge in [0.2, 0.25) is 5.91 Å². The molecule has 6 nitrogen and oxygen atoms in total. The highest BCUT2D eigenvalue weighted by molar-refractivity contribution is 6.30. The number of ether oxygens (including phenoxy) is 2. The molecule has 0 saturated carbocycles. The first-order valence-corrected chi connectivity index (χ1v) is 7.65. The van der Waals surface area contributed by atoms with E-state index in [2.05, 4.69) is 5.32 Å². The molecule has 0 saturated heterocycles. The predicted molar refractivity (Wildman–Crippen MR) is 92.6 cm³/mol. The van der Waals surface area contributed by atoms with E-state index in [0.717, 1.165) is 0 Å². The monoisotopic (exact) mass is 350 g/mol. The normalized spacial score (nSPS) is 11.6. The van der Waals surface area contributed by atoms with Crippen LogP contribution < -0.4 is 20.5 Å². The number of amides is 1. The zero-order valence-electron chi connectivity index (χ0n) is 13.2. The Morgan fingerprint density at radius 2 is 1.92 bits per heavy atom. The maximum absolute atomic E-state index is 11.8. The van der Waals surface area contributed by atoms with Gasteiger partial charge in [-0.1, -0.05) is 23.7 Å². The molecular formula is C17H19ClN2O4. The molecule has 4 N–H and O–H groups in total. The van der Waals surface area contributed by atoms with Crippen LogP contribution >= 0.6 is 11.6 Å². The second-order valence-corrected chi connectivity index (χ2v) is 5.44. The Balaban J connectivity index is 2.28. The van der Waals surface area contributed by atoms with Crippen molar-refractivity contribution in [2.75, 3.05) is 25.6 Å². The third-order valence-corrected chi connectivity index (χ3v) is 3.53. The van der Waals surface area contributed by atoms with E-state index in [9.17, 15) is 4.79 Å². The summed E-state index contributed by atoms with van der Waals surface area (Å²) in [6.07, 6.45) is 0. The van der Waals surface area contributed by atoms with Crippen molar-refractivity contribution in [3.05, 3.63) is 53.1 Å². The van der Waals surface area contributed by atoms with E-state index in [1.165, 1.54) is 7.11 Å². The van der Waals surface area contributed by atoms with Crippen LogP contribution in [0.5, 0.6) is 11.5 Å². The first-order valence-electron chi connectivity index (χ1n) is 7.27. The van der Waals surface area contributed by atoms with Crippen molar-refractivity contribution in [1.29, 1.82) is 0 Å². The van der Waals surface area contributed by atoms with Crippen molar-refractivity contribution >= 4 is 23.2 Å². The highest BCUT2D eigenvalue weighted by Crippen LogP contribution is 2.29. The number of aliphatic hydroxyl groups is 1. The van der Waals surface area contributed by atoms with Crippen LogP contribution in [0, 0.1) is 0 Å². The van der Waals surface area contributed by atoms with Gasteiger partial charge in [-0.25, -0.2) is 0 Å². The number of primary amides is 1. The van der Waals surface area contributed by atoms with E-state index in [-0.39, 0.29) is 13.2 Å². The molecule has 7 heteroatoms. The summed E-state index contributed by atoms with van der Waals surface area (Å²) in [6, 6.07) is 11.2. The fraction of sp³-hybridized carbons (Fsp3) is 0.235. The Kier molecular flexibility index (Phi) is 6.28.